The van der Waals surface area contributed by atoms with Crippen molar-refractivity contribution in [2.24, 2.45) is 11.3 Å². The predicted octanol–water partition coefficient (Wildman–Crippen LogP) is 0.131. The summed E-state index contributed by atoms with van der Waals surface area (Å²) < 4.78 is 13.3. The molecular weight excluding hydrogens is 284 g/mol. The molecule has 116 valence electrons. The van der Waals surface area contributed by atoms with E-state index in [-0.39, 0.29) is 18.3 Å². The minimum atomic E-state index is -2.33. The van der Waals surface area contributed by atoms with Crippen LogP contribution in [0, 0.1) is 11.3 Å². The molecule has 0 aromatic rings. The average Bonchev–Trinajstić information content (AvgIpc) is 3.24. The van der Waals surface area contributed by atoms with Crippen LogP contribution in [0.2, 0.25) is 0 Å². The van der Waals surface area contributed by atoms with Gasteiger partial charge in [-0.25, -0.2) is 9.29 Å². The number of likely N-dealkylation sites (tertiary alicyclic amines) is 1. The van der Waals surface area contributed by atoms with Crippen molar-refractivity contribution in [2.45, 2.75) is 62.2 Å². The van der Waals surface area contributed by atoms with Gasteiger partial charge < -0.3 is 20.4 Å². The number of hydrogen-bond acceptors (Lipinski definition) is 5. The zero-order valence-electron chi connectivity index (χ0n) is 11.6. The van der Waals surface area contributed by atoms with Gasteiger partial charge in [-0.3, -0.25) is 0 Å². The molecule has 0 aromatic carbocycles. The predicted molar refractivity (Wildman–Crippen MR) is 73.1 cm³/mol. The molecule has 2 saturated carbocycles. The number of halogens is 1. The fraction of sp³-hybridized carbons (Fsp3) is 1.00. The highest BCUT2D eigenvalue weighted by Crippen LogP contribution is 2.70. The lowest BCUT2D eigenvalue weighted by Crippen LogP contribution is -2.68. The van der Waals surface area contributed by atoms with Crippen LogP contribution in [0.1, 0.15) is 39.0 Å². The van der Waals surface area contributed by atoms with E-state index in [0.29, 0.717) is 13.0 Å². The van der Waals surface area contributed by atoms with E-state index in [1.807, 2.05) is 0 Å². The SMILES string of the molecule is CCC(O)(O)C1(P)N(C(O)(O)C2CC2F)CCC12CC2. The van der Waals surface area contributed by atoms with Crippen LogP contribution in [0.5, 0.6) is 0 Å². The van der Waals surface area contributed by atoms with Gasteiger partial charge in [0.05, 0.1) is 11.2 Å². The second-order valence-electron chi connectivity index (χ2n) is 6.66. The maximum atomic E-state index is 13.3. The summed E-state index contributed by atoms with van der Waals surface area (Å²) in [5, 5.41) is 40.4. The van der Waals surface area contributed by atoms with Crippen LogP contribution in [-0.4, -0.2) is 55.0 Å². The van der Waals surface area contributed by atoms with E-state index in [4.69, 9.17) is 0 Å². The van der Waals surface area contributed by atoms with Gasteiger partial charge in [0.25, 0.3) is 0 Å². The quantitative estimate of drug-likeness (QED) is 0.438. The molecule has 20 heavy (non-hydrogen) atoms. The number of alkyl halides is 1. The summed E-state index contributed by atoms with van der Waals surface area (Å²) in [7, 11) is 2.45. The van der Waals surface area contributed by atoms with Crippen LogP contribution in [0.25, 0.3) is 0 Å². The summed E-state index contributed by atoms with van der Waals surface area (Å²) in [6, 6.07) is 0. The molecule has 0 bridgehead atoms. The smallest absolute Gasteiger partial charge is 0.231 e. The van der Waals surface area contributed by atoms with Crippen LogP contribution in [0.3, 0.4) is 0 Å². The Bertz CT molecular complexity index is 429. The third-order valence-electron chi connectivity index (χ3n) is 5.61. The second-order valence-corrected chi connectivity index (χ2v) is 7.50. The molecule has 4 N–H and O–H groups in total. The molecule has 1 saturated heterocycles. The van der Waals surface area contributed by atoms with Crippen molar-refractivity contribution in [2.75, 3.05) is 6.54 Å². The van der Waals surface area contributed by atoms with E-state index in [2.05, 4.69) is 9.24 Å². The minimum Gasteiger partial charge on any atom is -0.364 e. The minimum absolute atomic E-state index is 0.0640. The molecule has 3 fully saturated rings. The van der Waals surface area contributed by atoms with Gasteiger partial charge in [-0.05, 0) is 31.1 Å². The van der Waals surface area contributed by atoms with Crippen LogP contribution >= 0.6 is 9.24 Å². The van der Waals surface area contributed by atoms with Crippen molar-refractivity contribution in [1.82, 2.24) is 4.90 Å². The standard InChI is InChI=1S/C13H23FNO4P/c1-2-11(16,17)13(20)10(3-4-10)5-6-15(13)12(18,19)8-7-9(8)14/h8-9,16-19H,2-7,20H2,1H3. The van der Waals surface area contributed by atoms with Gasteiger partial charge >= 0.3 is 0 Å². The highest BCUT2D eigenvalue weighted by atomic mass is 31.0. The molecule has 1 spiro atoms. The van der Waals surface area contributed by atoms with E-state index < -0.39 is 29.1 Å². The lowest BCUT2D eigenvalue weighted by Gasteiger charge is -2.51. The molecular formula is C13H23FNO4P. The molecule has 0 amide bonds. The lowest BCUT2D eigenvalue weighted by atomic mass is 9.87. The van der Waals surface area contributed by atoms with Crippen LogP contribution < -0.4 is 0 Å². The van der Waals surface area contributed by atoms with Crippen molar-refractivity contribution in [3.8, 4) is 0 Å². The molecule has 7 heteroatoms. The van der Waals surface area contributed by atoms with Crippen molar-refractivity contribution in [1.29, 1.82) is 0 Å². The first-order valence-electron chi connectivity index (χ1n) is 7.22. The molecule has 5 nitrogen and oxygen atoms in total. The van der Waals surface area contributed by atoms with E-state index in [1.165, 1.54) is 4.90 Å². The zero-order valence-corrected chi connectivity index (χ0v) is 12.7. The summed E-state index contributed by atoms with van der Waals surface area (Å²) in [4.78, 5) is 1.30. The number of aliphatic hydroxyl groups is 4. The summed E-state index contributed by atoms with van der Waals surface area (Å²) in [5.74, 6) is -5.27. The Kier molecular flexibility index (Phi) is 3.10. The van der Waals surface area contributed by atoms with Gasteiger partial charge in [0.15, 0.2) is 5.79 Å². The Hall–Kier alpha value is 0.160. The molecule has 3 rings (SSSR count). The fourth-order valence-corrected chi connectivity index (χ4v) is 4.82. The fourth-order valence-electron chi connectivity index (χ4n) is 3.86. The molecule has 3 aliphatic rings. The van der Waals surface area contributed by atoms with Crippen LogP contribution in [-0.2, 0) is 0 Å². The van der Waals surface area contributed by atoms with Gasteiger partial charge in [-0.2, -0.15) is 0 Å². The highest BCUT2D eigenvalue weighted by molar-refractivity contribution is 7.19. The highest BCUT2D eigenvalue weighted by Gasteiger charge is 2.75. The summed E-state index contributed by atoms with van der Waals surface area (Å²) in [5.41, 5.74) is -0.339. The van der Waals surface area contributed by atoms with Gasteiger partial charge in [-0.1, -0.05) is 6.92 Å². The van der Waals surface area contributed by atoms with Crippen LogP contribution in [0.15, 0.2) is 0 Å². The zero-order chi connectivity index (χ0) is 15.0. The van der Waals surface area contributed by atoms with Gasteiger partial charge in [-0.15, -0.1) is 9.24 Å². The molecule has 2 aliphatic carbocycles. The monoisotopic (exact) mass is 307 g/mol. The van der Waals surface area contributed by atoms with Gasteiger partial charge in [0, 0.05) is 13.0 Å². The Balaban J connectivity index is 1.99. The summed E-state index contributed by atoms with van der Waals surface area (Å²) in [6.45, 7) is 1.96. The van der Waals surface area contributed by atoms with Gasteiger partial charge in [0.1, 0.15) is 6.17 Å². The van der Waals surface area contributed by atoms with E-state index in [9.17, 15) is 24.8 Å². The summed E-state index contributed by atoms with van der Waals surface area (Å²) in [6.07, 6.45) is 1.22. The number of nitrogens with zero attached hydrogens (tertiary/aromatic N) is 1. The normalized spacial score (nSPS) is 40.4. The summed E-state index contributed by atoms with van der Waals surface area (Å²) >= 11 is 0. The third-order valence-corrected chi connectivity index (χ3v) is 7.00. The topological polar surface area (TPSA) is 84.2 Å². The van der Waals surface area contributed by atoms with Crippen molar-refractivity contribution in [3.63, 3.8) is 0 Å². The Morgan fingerprint density at radius 1 is 1.25 bits per heavy atom. The second kappa shape index (κ2) is 4.12. The molecule has 0 radical (unpaired) electrons. The first-order chi connectivity index (χ1) is 9.12. The maximum Gasteiger partial charge on any atom is 0.231 e. The number of hydrogen-bond donors (Lipinski definition) is 4. The van der Waals surface area contributed by atoms with E-state index in [0.717, 1.165) is 12.8 Å². The van der Waals surface area contributed by atoms with E-state index >= 15 is 0 Å². The molecule has 4 unspecified atom stereocenters. The van der Waals surface area contributed by atoms with E-state index in [1.54, 1.807) is 6.92 Å². The number of rotatable bonds is 4. The lowest BCUT2D eigenvalue weighted by molar-refractivity contribution is -0.331. The van der Waals surface area contributed by atoms with Crippen molar-refractivity contribution < 1.29 is 24.8 Å². The van der Waals surface area contributed by atoms with Gasteiger partial charge in [0.2, 0.25) is 5.91 Å². The Morgan fingerprint density at radius 3 is 2.20 bits per heavy atom. The van der Waals surface area contributed by atoms with Crippen molar-refractivity contribution in [3.05, 3.63) is 0 Å². The van der Waals surface area contributed by atoms with Crippen molar-refractivity contribution >= 4 is 9.24 Å². The molecule has 1 heterocycles. The first-order valence-corrected chi connectivity index (χ1v) is 7.80. The Morgan fingerprint density at radius 2 is 1.80 bits per heavy atom. The van der Waals surface area contributed by atoms with Crippen LogP contribution in [0.4, 0.5) is 4.39 Å². The molecule has 4 atom stereocenters. The molecule has 1 aliphatic heterocycles. The molecule has 0 aromatic heterocycles. The average molecular weight is 307 g/mol. The maximum absolute atomic E-state index is 13.3. The Labute approximate surface area is 120 Å². The first kappa shape index (κ1) is 15.1. The third kappa shape index (κ3) is 1.70. The largest absolute Gasteiger partial charge is 0.364 e.